The second-order valence-electron chi connectivity index (χ2n) is 5.60. The first-order valence-corrected chi connectivity index (χ1v) is 8.92. The number of nitrogens with one attached hydrogen (secondary N) is 1. The molecule has 1 aliphatic heterocycles. The van der Waals surface area contributed by atoms with Crippen molar-refractivity contribution in [3.63, 3.8) is 0 Å². The number of thioether (sulfide) groups is 1. The van der Waals surface area contributed by atoms with Gasteiger partial charge in [-0.05, 0) is 30.5 Å². The molecule has 1 heterocycles. The van der Waals surface area contributed by atoms with Gasteiger partial charge in [0.1, 0.15) is 12.4 Å². The van der Waals surface area contributed by atoms with Crippen molar-refractivity contribution in [1.29, 1.82) is 0 Å². The molecule has 0 spiro atoms. The largest absolute Gasteiger partial charge is 0.350 e. The van der Waals surface area contributed by atoms with E-state index in [1.807, 2.05) is 13.8 Å². The van der Waals surface area contributed by atoms with Gasteiger partial charge < -0.3 is 5.32 Å². The van der Waals surface area contributed by atoms with Crippen LogP contribution in [0.1, 0.15) is 32.3 Å². The van der Waals surface area contributed by atoms with Crippen molar-refractivity contribution in [2.24, 2.45) is 0 Å². The minimum atomic E-state index is -0.405. The van der Waals surface area contributed by atoms with Gasteiger partial charge in [-0.2, -0.15) is 0 Å². The SMILES string of the molecule is CC[C@@H]1S[C@@H](CC)C(=O)N(CC(=O)NCc2ccc(F)cc2)C1=O. The Morgan fingerprint density at radius 1 is 1.12 bits per heavy atom. The van der Waals surface area contributed by atoms with E-state index in [1.54, 1.807) is 12.1 Å². The van der Waals surface area contributed by atoms with Crippen LogP contribution in [0.5, 0.6) is 0 Å². The molecule has 1 fully saturated rings. The summed E-state index contributed by atoms with van der Waals surface area (Å²) in [4.78, 5) is 37.8. The Morgan fingerprint density at radius 3 is 2.17 bits per heavy atom. The van der Waals surface area contributed by atoms with Gasteiger partial charge in [0, 0.05) is 6.54 Å². The Kier molecular flexibility index (Phi) is 6.36. The summed E-state index contributed by atoms with van der Waals surface area (Å²) in [6.45, 7) is 3.74. The minimum Gasteiger partial charge on any atom is -0.350 e. The Hall–Kier alpha value is -1.89. The molecule has 2 rings (SSSR count). The maximum absolute atomic E-state index is 12.9. The number of hydrogen-bond acceptors (Lipinski definition) is 4. The number of halogens is 1. The van der Waals surface area contributed by atoms with E-state index in [-0.39, 0.29) is 41.2 Å². The molecular weight excluding hydrogens is 331 g/mol. The molecule has 1 aromatic rings. The van der Waals surface area contributed by atoms with Crippen LogP contribution in [0.15, 0.2) is 24.3 Å². The van der Waals surface area contributed by atoms with Gasteiger partial charge in [0.25, 0.3) is 0 Å². The number of hydrogen-bond donors (Lipinski definition) is 1. The molecule has 24 heavy (non-hydrogen) atoms. The van der Waals surface area contributed by atoms with E-state index in [1.165, 1.54) is 23.9 Å². The molecule has 7 heteroatoms. The van der Waals surface area contributed by atoms with Crippen LogP contribution in [-0.4, -0.2) is 39.7 Å². The van der Waals surface area contributed by atoms with Crippen molar-refractivity contribution >= 4 is 29.5 Å². The zero-order valence-electron chi connectivity index (χ0n) is 13.8. The van der Waals surface area contributed by atoms with Crippen LogP contribution in [0.2, 0.25) is 0 Å². The quantitative estimate of drug-likeness (QED) is 0.796. The fraction of sp³-hybridized carbons (Fsp3) is 0.471. The molecule has 5 nitrogen and oxygen atoms in total. The molecule has 3 amide bonds. The summed E-state index contributed by atoms with van der Waals surface area (Å²) in [5.74, 6) is -1.34. The highest BCUT2D eigenvalue weighted by molar-refractivity contribution is 8.02. The average molecular weight is 352 g/mol. The summed E-state index contributed by atoms with van der Waals surface area (Å²) < 4.78 is 12.9. The second-order valence-corrected chi connectivity index (χ2v) is 7.01. The fourth-order valence-electron chi connectivity index (χ4n) is 2.47. The molecule has 0 saturated carbocycles. The van der Waals surface area contributed by atoms with Gasteiger partial charge in [0.15, 0.2) is 0 Å². The van der Waals surface area contributed by atoms with E-state index >= 15 is 0 Å². The summed E-state index contributed by atoms with van der Waals surface area (Å²) in [6.07, 6.45) is 1.25. The molecule has 1 N–H and O–H groups in total. The second kappa shape index (κ2) is 8.28. The average Bonchev–Trinajstić information content (AvgIpc) is 2.58. The van der Waals surface area contributed by atoms with Crippen molar-refractivity contribution in [3.05, 3.63) is 35.6 Å². The predicted octanol–water partition coefficient (Wildman–Crippen LogP) is 2.10. The van der Waals surface area contributed by atoms with Crippen LogP contribution < -0.4 is 5.32 Å². The molecule has 2 atom stereocenters. The Morgan fingerprint density at radius 2 is 1.67 bits per heavy atom. The highest BCUT2D eigenvalue weighted by atomic mass is 32.2. The predicted molar refractivity (Wildman–Crippen MR) is 90.7 cm³/mol. The lowest BCUT2D eigenvalue weighted by Crippen LogP contribution is -2.54. The molecule has 0 aromatic heterocycles. The van der Waals surface area contributed by atoms with E-state index in [9.17, 15) is 18.8 Å². The number of carbonyl (C=O) groups excluding carboxylic acids is 3. The summed E-state index contributed by atoms with van der Waals surface area (Å²) in [7, 11) is 0. The zero-order valence-corrected chi connectivity index (χ0v) is 14.6. The molecule has 1 saturated heterocycles. The smallest absolute Gasteiger partial charge is 0.242 e. The first-order chi connectivity index (χ1) is 11.5. The van der Waals surface area contributed by atoms with Gasteiger partial charge in [-0.1, -0.05) is 26.0 Å². The summed E-state index contributed by atoms with van der Waals surface area (Å²) in [6, 6.07) is 5.77. The Bertz CT molecular complexity index is 599. The summed E-state index contributed by atoms with van der Waals surface area (Å²) in [5, 5.41) is 2.10. The number of rotatable bonds is 6. The van der Waals surface area contributed by atoms with Gasteiger partial charge in [0.2, 0.25) is 17.7 Å². The molecule has 1 aromatic carbocycles. The highest BCUT2D eigenvalue weighted by Gasteiger charge is 2.40. The molecule has 0 bridgehead atoms. The van der Waals surface area contributed by atoms with Gasteiger partial charge in [-0.15, -0.1) is 11.8 Å². The number of nitrogens with zero attached hydrogens (tertiary/aromatic N) is 1. The highest BCUT2D eigenvalue weighted by Crippen LogP contribution is 2.31. The number of amides is 3. The van der Waals surface area contributed by atoms with Gasteiger partial charge in [-0.3, -0.25) is 19.3 Å². The topological polar surface area (TPSA) is 66.5 Å². The lowest BCUT2D eigenvalue weighted by atomic mass is 10.2. The summed E-state index contributed by atoms with van der Waals surface area (Å²) >= 11 is 1.38. The molecule has 0 unspecified atom stereocenters. The maximum Gasteiger partial charge on any atom is 0.242 e. The van der Waals surface area contributed by atoms with Crippen molar-refractivity contribution in [3.8, 4) is 0 Å². The lowest BCUT2D eigenvalue weighted by Gasteiger charge is -2.34. The van der Waals surface area contributed by atoms with Gasteiger partial charge in [-0.25, -0.2) is 4.39 Å². The van der Waals surface area contributed by atoms with Gasteiger partial charge >= 0.3 is 0 Å². The van der Waals surface area contributed by atoms with Crippen molar-refractivity contribution in [1.82, 2.24) is 10.2 Å². The van der Waals surface area contributed by atoms with Crippen LogP contribution in [0.4, 0.5) is 4.39 Å². The lowest BCUT2D eigenvalue weighted by molar-refractivity contribution is -0.148. The third-order valence-electron chi connectivity index (χ3n) is 3.86. The molecule has 0 radical (unpaired) electrons. The third kappa shape index (κ3) is 4.35. The van der Waals surface area contributed by atoms with E-state index in [0.29, 0.717) is 12.8 Å². The molecule has 130 valence electrons. The van der Waals surface area contributed by atoms with E-state index in [4.69, 9.17) is 0 Å². The number of benzene rings is 1. The zero-order chi connectivity index (χ0) is 17.7. The van der Waals surface area contributed by atoms with E-state index < -0.39 is 5.91 Å². The Labute approximate surface area is 145 Å². The van der Waals surface area contributed by atoms with Crippen LogP contribution in [0.3, 0.4) is 0 Å². The molecular formula is C17H21FN2O3S. The first-order valence-electron chi connectivity index (χ1n) is 7.98. The van der Waals surface area contributed by atoms with Crippen molar-refractivity contribution < 1.29 is 18.8 Å². The first kappa shape index (κ1) is 18.4. The fourth-order valence-corrected chi connectivity index (χ4v) is 3.74. The Balaban J connectivity index is 1.96. The third-order valence-corrected chi connectivity index (χ3v) is 5.58. The van der Waals surface area contributed by atoms with Gasteiger partial charge in [0.05, 0.1) is 10.5 Å². The number of imide groups is 1. The van der Waals surface area contributed by atoms with Crippen LogP contribution >= 0.6 is 11.8 Å². The van der Waals surface area contributed by atoms with Crippen LogP contribution in [0, 0.1) is 5.82 Å². The summed E-state index contributed by atoms with van der Waals surface area (Å²) in [5.41, 5.74) is 0.745. The van der Waals surface area contributed by atoms with Crippen molar-refractivity contribution in [2.75, 3.05) is 6.54 Å². The molecule has 0 aliphatic carbocycles. The van der Waals surface area contributed by atoms with Crippen molar-refractivity contribution in [2.45, 2.75) is 43.7 Å². The van der Waals surface area contributed by atoms with Crippen LogP contribution in [0.25, 0.3) is 0 Å². The minimum absolute atomic E-state index is 0.221. The number of carbonyl (C=O) groups is 3. The maximum atomic E-state index is 12.9. The van der Waals surface area contributed by atoms with Crippen LogP contribution in [-0.2, 0) is 20.9 Å². The standard InChI is InChI=1S/C17H21FN2O3S/c1-3-13-16(22)20(17(23)14(4-2)24-13)10-15(21)19-9-11-5-7-12(18)8-6-11/h5-8,13-14H,3-4,9-10H2,1-2H3,(H,19,21)/t13-,14-/m0/s1. The monoisotopic (exact) mass is 352 g/mol. The van der Waals surface area contributed by atoms with E-state index in [2.05, 4.69) is 5.32 Å². The molecule has 1 aliphatic rings. The normalized spacial score (nSPS) is 21.0. The van der Waals surface area contributed by atoms with E-state index in [0.717, 1.165) is 10.5 Å².